The molecule has 0 radical (unpaired) electrons. The van der Waals surface area contributed by atoms with Crippen molar-refractivity contribution in [3.05, 3.63) is 28.6 Å². The molecule has 4 atom stereocenters. The number of nitrogens with zero attached hydrogens (tertiary/aromatic N) is 3. The summed E-state index contributed by atoms with van der Waals surface area (Å²) in [6.07, 6.45) is 14.7. The first-order chi connectivity index (χ1) is 13.8. The Balaban J connectivity index is 1.32. The van der Waals surface area contributed by atoms with Gasteiger partial charge in [-0.1, -0.05) is 18.1 Å². The molecule has 0 aromatic carbocycles. The molecule has 150 valence electrons. The van der Waals surface area contributed by atoms with Crippen molar-refractivity contribution in [2.24, 2.45) is 11.8 Å². The summed E-state index contributed by atoms with van der Waals surface area (Å²) in [6, 6.07) is 1.08. The number of rotatable bonds is 1. The van der Waals surface area contributed by atoms with Crippen LogP contribution in [0.25, 0.3) is 0 Å². The Labute approximate surface area is 167 Å². The maximum Gasteiger partial charge on any atom is 0.275 e. The second kappa shape index (κ2) is 6.72. The van der Waals surface area contributed by atoms with Gasteiger partial charge in [0.1, 0.15) is 0 Å². The van der Waals surface area contributed by atoms with Crippen molar-refractivity contribution in [3.63, 3.8) is 0 Å². The maximum atomic E-state index is 13.6. The quantitative estimate of drug-likeness (QED) is 0.761. The fourth-order valence-electron chi connectivity index (χ4n) is 7.00. The molecule has 3 aliphatic heterocycles. The Morgan fingerprint density at radius 3 is 2.96 bits per heavy atom. The highest BCUT2D eigenvalue weighted by Crippen LogP contribution is 2.45. The van der Waals surface area contributed by atoms with Crippen molar-refractivity contribution < 1.29 is 4.79 Å². The summed E-state index contributed by atoms with van der Waals surface area (Å²) in [5.41, 5.74) is 4.71. The van der Waals surface area contributed by atoms with Gasteiger partial charge in [-0.05, 0) is 76.2 Å². The van der Waals surface area contributed by atoms with E-state index in [4.69, 9.17) is 0 Å². The van der Waals surface area contributed by atoms with E-state index >= 15 is 0 Å². The van der Waals surface area contributed by atoms with Crippen LogP contribution in [0.2, 0.25) is 0 Å². The van der Waals surface area contributed by atoms with E-state index in [0.29, 0.717) is 12.0 Å². The number of aromatic amines is 1. The van der Waals surface area contributed by atoms with E-state index in [9.17, 15) is 4.79 Å². The minimum Gasteiger partial charge on any atom is -0.330 e. The molecule has 2 aliphatic carbocycles. The smallest absolute Gasteiger partial charge is 0.275 e. The standard InChI is InChI=1S/C23H32N4O/c28-23(21-18-7-1-2-8-19(18)24-25-21)27-11-5-6-15-12-16-13-17(22(15)27)14-26-10-4-3-9-20(16)26/h12,16-17,20,22H,1-11,13-14H2,(H,24,25)/t16-,17+,20+,22+/m0/s1. The third-order valence-corrected chi connectivity index (χ3v) is 8.18. The summed E-state index contributed by atoms with van der Waals surface area (Å²) in [7, 11) is 0. The summed E-state index contributed by atoms with van der Waals surface area (Å²) in [6.45, 7) is 3.34. The van der Waals surface area contributed by atoms with Crippen LogP contribution in [0.1, 0.15) is 73.1 Å². The monoisotopic (exact) mass is 380 g/mol. The first-order valence-electron chi connectivity index (χ1n) is 11.6. The van der Waals surface area contributed by atoms with Gasteiger partial charge in [0.25, 0.3) is 5.91 Å². The van der Waals surface area contributed by atoms with Gasteiger partial charge in [-0.3, -0.25) is 14.8 Å². The number of nitrogens with one attached hydrogen (secondary N) is 1. The normalized spacial score (nSPS) is 34.9. The van der Waals surface area contributed by atoms with Crippen LogP contribution in [0.15, 0.2) is 11.6 Å². The van der Waals surface area contributed by atoms with Gasteiger partial charge < -0.3 is 4.90 Å². The molecular weight excluding hydrogens is 348 g/mol. The van der Waals surface area contributed by atoms with Crippen molar-refractivity contribution in [1.29, 1.82) is 0 Å². The summed E-state index contributed by atoms with van der Waals surface area (Å²) < 4.78 is 0. The average Bonchev–Trinajstić information content (AvgIpc) is 3.17. The zero-order chi connectivity index (χ0) is 18.7. The maximum absolute atomic E-state index is 13.6. The van der Waals surface area contributed by atoms with Gasteiger partial charge in [0.15, 0.2) is 5.69 Å². The highest BCUT2D eigenvalue weighted by Gasteiger charge is 2.47. The van der Waals surface area contributed by atoms with Crippen molar-refractivity contribution in [1.82, 2.24) is 20.0 Å². The molecule has 1 amide bonds. The van der Waals surface area contributed by atoms with Crippen LogP contribution in [-0.2, 0) is 12.8 Å². The molecular formula is C23H32N4O. The lowest BCUT2D eigenvalue weighted by atomic mass is 9.68. The molecule has 28 heavy (non-hydrogen) atoms. The van der Waals surface area contributed by atoms with E-state index in [1.165, 1.54) is 69.3 Å². The van der Waals surface area contributed by atoms with Crippen molar-refractivity contribution >= 4 is 5.91 Å². The minimum atomic E-state index is 0.189. The predicted octanol–water partition coefficient (Wildman–Crippen LogP) is 3.32. The SMILES string of the molecule is O=C(c1n[nH]c2c1CCCC2)N1CCCC2=C[C@H]3C[C@H](CN4CCCC[C@H]34)[C@@H]21. The molecule has 1 aromatic heterocycles. The van der Waals surface area contributed by atoms with Crippen LogP contribution in [-0.4, -0.2) is 57.6 Å². The summed E-state index contributed by atoms with van der Waals surface area (Å²) in [4.78, 5) is 18.6. The topological polar surface area (TPSA) is 52.2 Å². The third-order valence-electron chi connectivity index (χ3n) is 8.18. The Morgan fingerprint density at radius 2 is 2.00 bits per heavy atom. The number of likely N-dealkylation sites (tertiary alicyclic amines) is 1. The molecule has 4 heterocycles. The summed E-state index contributed by atoms with van der Waals surface area (Å²) in [5, 5.41) is 7.69. The molecule has 0 saturated carbocycles. The zero-order valence-corrected chi connectivity index (χ0v) is 16.8. The molecule has 5 nitrogen and oxygen atoms in total. The van der Waals surface area contributed by atoms with Gasteiger partial charge in [0, 0.05) is 30.4 Å². The van der Waals surface area contributed by atoms with E-state index in [1.54, 1.807) is 5.57 Å². The highest BCUT2D eigenvalue weighted by molar-refractivity contribution is 5.94. The van der Waals surface area contributed by atoms with E-state index in [1.807, 2.05) is 0 Å². The molecule has 1 aromatic rings. The number of fused-ring (bicyclic) bond motifs is 7. The molecule has 3 fully saturated rings. The van der Waals surface area contributed by atoms with E-state index in [2.05, 4.69) is 26.1 Å². The van der Waals surface area contributed by atoms with Gasteiger partial charge in [-0.25, -0.2) is 0 Å². The van der Waals surface area contributed by atoms with Gasteiger partial charge in [-0.2, -0.15) is 5.10 Å². The first-order valence-corrected chi connectivity index (χ1v) is 11.6. The number of amides is 1. The molecule has 2 bridgehead atoms. The zero-order valence-electron chi connectivity index (χ0n) is 16.8. The average molecular weight is 381 g/mol. The molecule has 0 unspecified atom stereocenters. The molecule has 1 N–H and O–H groups in total. The first kappa shape index (κ1) is 17.3. The Kier molecular flexibility index (Phi) is 4.14. The molecule has 0 spiro atoms. The third kappa shape index (κ3) is 2.62. The van der Waals surface area contributed by atoms with Crippen LogP contribution < -0.4 is 0 Å². The number of hydrogen-bond donors (Lipinski definition) is 1. The molecule has 3 saturated heterocycles. The fraction of sp³-hybridized carbons (Fsp3) is 0.739. The second-order valence-electron chi connectivity index (χ2n) is 9.74. The largest absolute Gasteiger partial charge is 0.330 e. The lowest BCUT2D eigenvalue weighted by Crippen LogP contribution is -2.60. The lowest BCUT2D eigenvalue weighted by molar-refractivity contribution is 0.00128. The number of hydrogen-bond acceptors (Lipinski definition) is 3. The van der Waals surface area contributed by atoms with Gasteiger partial charge in [0.2, 0.25) is 0 Å². The second-order valence-corrected chi connectivity index (χ2v) is 9.74. The lowest BCUT2D eigenvalue weighted by Gasteiger charge is -2.54. The van der Waals surface area contributed by atoms with Gasteiger partial charge >= 0.3 is 0 Å². The van der Waals surface area contributed by atoms with Crippen LogP contribution >= 0.6 is 0 Å². The van der Waals surface area contributed by atoms with Gasteiger partial charge in [0.05, 0.1) is 6.04 Å². The molecule has 6 rings (SSSR count). The molecule has 5 aliphatic rings. The summed E-state index contributed by atoms with van der Waals surface area (Å²) >= 11 is 0. The van der Waals surface area contributed by atoms with Crippen molar-refractivity contribution in [3.8, 4) is 0 Å². The number of aryl methyl sites for hydroxylation is 1. The number of aromatic nitrogens is 2. The Hall–Kier alpha value is -1.62. The predicted molar refractivity (Wildman–Crippen MR) is 108 cm³/mol. The Bertz CT molecular complexity index is 812. The fourth-order valence-corrected chi connectivity index (χ4v) is 7.00. The number of carbonyl (C=O) groups excluding carboxylic acids is 1. The van der Waals surface area contributed by atoms with E-state index in [-0.39, 0.29) is 5.91 Å². The minimum absolute atomic E-state index is 0.189. The summed E-state index contributed by atoms with van der Waals surface area (Å²) in [5.74, 6) is 1.52. The highest BCUT2D eigenvalue weighted by atomic mass is 16.2. The van der Waals surface area contributed by atoms with E-state index < -0.39 is 0 Å². The van der Waals surface area contributed by atoms with Crippen LogP contribution in [0.4, 0.5) is 0 Å². The van der Waals surface area contributed by atoms with Crippen LogP contribution in [0, 0.1) is 11.8 Å². The number of piperidine rings is 3. The number of H-pyrrole nitrogens is 1. The van der Waals surface area contributed by atoms with Crippen molar-refractivity contribution in [2.75, 3.05) is 19.6 Å². The molecule has 5 heteroatoms. The van der Waals surface area contributed by atoms with Crippen LogP contribution in [0.5, 0.6) is 0 Å². The van der Waals surface area contributed by atoms with Crippen molar-refractivity contribution in [2.45, 2.75) is 76.3 Å². The van der Waals surface area contributed by atoms with Crippen LogP contribution in [0.3, 0.4) is 0 Å². The van der Waals surface area contributed by atoms with E-state index in [0.717, 1.165) is 43.5 Å². The van der Waals surface area contributed by atoms with Gasteiger partial charge in [-0.15, -0.1) is 0 Å². The number of carbonyl (C=O) groups is 1. The Morgan fingerprint density at radius 1 is 1.07 bits per heavy atom.